The lowest BCUT2D eigenvalue weighted by Gasteiger charge is -2.19. The highest BCUT2D eigenvalue weighted by atomic mass is 16.2. The zero-order valence-electron chi connectivity index (χ0n) is 15.8. The highest BCUT2D eigenvalue weighted by Gasteiger charge is 2.18. The van der Waals surface area contributed by atoms with E-state index in [1.54, 1.807) is 17.3 Å². The van der Waals surface area contributed by atoms with Gasteiger partial charge < -0.3 is 4.90 Å². The molecule has 2 heterocycles. The summed E-state index contributed by atoms with van der Waals surface area (Å²) in [4.78, 5) is 28.2. The zero-order valence-corrected chi connectivity index (χ0v) is 15.8. The van der Waals surface area contributed by atoms with Crippen molar-refractivity contribution in [2.75, 3.05) is 7.05 Å². The van der Waals surface area contributed by atoms with Crippen LogP contribution in [0.4, 0.5) is 0 Å². The van der Waals surface area contributed by atoms with Crippen molar-refractivity contribution in [3.05, 3.63) is 90.0 Å². The molecule has 0 aliphatic heterocycles. The van der Waals surface area contributed by atoms with Crippen LogP contribution in [0.5, 0.6) is 0 Å². The Morgan fingerprint density at radius 2 is 1.64 bits per heavy atom. The molecule has 5 nitrogen and oxygen atoms in total. The third kappa shape index (κ3) is 3.60. The molecule has 4 rings (SSSR count). The SMILES string of the molecule is Cc1ncc(-c2cc(C(=O)N(C)Cc3ccccc3)c3ccccc3n2)cn1. The van der Waals surface area contributed by atoms with Gasteiger partial charge in [-0.1, -0.05) is 48.5 Å². The van der Waals surface area contributed by atoms with Crippen LogP contribution in [0.15, 0.2) is 73.1 Å². The van der Waals surface area contributed by atoms with Crippen LogP contribution in [0, 0.1) is 6.92 Å². The van der Waals surface area contributed by atoms with Crippen molar-refractivity contribution in [1.29, 1.82) is 0 Å². The summed E-state index contributed by atoms with van der Waals surface area (Å²) in [6.07, 6.45) is 3.47. The number of pyridine rings is 1. The number of aryl methyl sites for hydroxylation is 1. The molecule has 0 aliphatic carbocycles. The van der Waals surface area contributed by atoms with Gasteiger partial charge in [0.05, 0.1) is 16.8 Å². The van der Waals surface area contributed by atoms with E-state index in [1.807, 2.05) is 74.6 Å². The van der Waals surface area contributed by atoms with Gasteiger partial charge in [0, 0.05) is 36.9 Å². The first-order valence-electron chi connectivity index (χ1n) is 9.10. The lowest BCUT2D eigenvalue weighted by atomic mass is 10.0. The summed E-state index contributed by atoms with van der Waals surface area (Å²) in [7, 11) is 1.82. The van der Waals surface area contributed by atoms with Crippen LogP contribution in [-0.4, -0.2) is 32.8 Å². The number of rotatable bonds is 4. The second-order valence-corrected chi connectivity index (χ2v) is 6.74. The highest BCUT2D eigenvalue weighted by molar-refractivity contribution is 6.07. The molecule has 0 aliphatic rings. The summed E-state index contributed by atoms with van der Waals surface area (Å²) in [5, 5.41) is 0.837. The number of benzene rings is 2. The van der Waals surface area contributed by atoms with Crippen molar-refractivity contribution in [2.45, 2.75) is 13.5 Å². The second-order valence-electron chi connectivity index (χ2n) is 6.74. The molecule has 4 aromatic rings. The molecular formula is C23H20N4O. The Balaban J connectivity index is 1.76. The minimum absolute atomic E-state index is 0.0447. The summed E-state index contributed by atoms with van der Waals surface area (Å²) in [6, 6.07) is 19.5. The topological polar surface area (TPSA) is 59.0 Å². The molecule has 0 saturated heterocycles. The third-order valence-corrected chi connectivity index (χ3v) is 4.63. The van der Waals surface area contributed by atoms with E-state index < -0.39 is 0 Å². The lowest BCUT2D eigenvalue weighted by Crippen LogP contribution is -2.26. The first-order valence-corrected chi connectivity index (χ1v) is 9.10. The zero-order chi connectivity index (χ0) is 19.5. The Labute approximate surface area is 163 Å². The van der Waals surface area contributed by atoms with Crippen molar-refractivity contribution in [1.82, 2.24) is 19.9 Å². The summed E-state index contributed by atoms with van der Waals surface area (Å²) in [6.45, 7) is 2.38. The second kappa shape index (κ2) is 7.56. The molecule has 0 spiro atoms. The quantitative estimate of drug-likeness (QED) is 0.540. The van der Waals surface area contributed by atoms with Gasteiger partial charge in [0.2, 0.25) is 0 Å². The highest BCUT2D eigenvalue weighted by Crippen LogP contribution is 2.25. The number of hydrogen-bond acceptors (Lipinski definition) is 4. The molecule has 0 saturated carbocycles. The predicted molar refractivity (Wildman–Crippen MR) is 110 cm³/mol. The summed E-state index contributed by atoms with van der Waals surface area (Å²) < 4.78 is 0. The third-order valence-electron chi connectivity index (χ3n) is 4.63. The number of hydrogen-bond donors (Lipinski definition) is 0. The molecule has 0 bridgehead atoms. The molecule has 0 radical (unpaired) electrons. The number of carbonyl (C=O) groups is 1. The fraction of sp³-hybridized carbons (Fsp3) is 0.130. The van der Waals surface area contributed by atoms with Gasteiger partial charge in [-0.3, -0.25) is 4.79 Å². The van der Waals surface area contributed by atoms with Crippen molar-refractivity contribution < 1.29 is 4.79 Å². The van der Waals surface area contributed by atoms with E-state index in [0.717, 1.165) is 22.0 Å². The maximum atomic E-state index is 13.3. The van der Waals surface area contributed by atoms with E-state index in [0.29, 0.717) is 23.6 Å². The summed E-state index contributed by atoms with van der Waals surface area (Å²) in [5.41, 5.74) is 3.96. The Morgan fingerprint density at radius 3 is 2.39 bits per heavy atom. The van der Waals surface area contributed by atoms with Gasteiger partial charge in [0.25, 0.3) is 5.91 Å². The Morgan fingerprint density at radius 1 is 0.964 bits per heavy atom. The molecule has 0 unspecified atom stereocenters. The minimum Gasteiger partial charge on any atom is -0.337 e. The van der Waals surface area contributed by atoms with Crippen molar-refractivity contribution in [3.63, 3.8) is 0 Å². The van der Waals surface area contributed by atoms with Gasteiger partial charge in [0.1, 0.15) is 5.82 Å². The molecule has 2 aromatic heterocycles. The maximum absolute atomic E-state index is 13.3. The molecule has 0 atom stereocenters. The minimum atomic E-state index is -0.0447. The smallest absolute Gasteiger partial charge is 0.254 e. The molecular weight excluding hydrogens is 348 g/mol. The summed E-state index contributed by atoms with van der Waals surface area (Å²) >= 11 is 0. The van der Waals surface area contributed by atoms with Crippen LogP contribution in [0.3, 0.4) is 0 Å². The number of para-hydroxylation sites is 1. The predicted octanol–water partition coefficient (Wildman–Crippen LogP) is 4.27. The lowest BCUT2D eigenvalue weighted by molar-refractivity contribution is 0.0787. The van der Waals surface area contributed by atoms with Gasteiger partial charge in [0.15, 0.2) is 0 Å². The maximum Gasteiger partial charge on any atom is 0.254 e. The standard InChI is InChI=1S/C23H20N4O/c1-16-24-13-18(14-25-16)22-12-20(19-10-6-7-11-21(19)26-22)23(28)27(2)15-17-8-4-3-5-9-17/h3-14H,15H2,1-2H3. The van der Waals surface area contributed by atoms with Gasteiger partial charge >= 0.3 is 0 Å². The number of aromatic nitrogens is 3. The van der Waals surface area contributed by atoms with Crippen molar-refractivity contribution in [2.24, 2.45) is 0 Å². The largest absolute Gasteiger partial charge is 0.337 e. The molecule has 28 heavy (non-hydrogen) atoms. The monoisotopic (exact) mass is 368 g/mol. The molecule has 2 aromatic carbocycles. The first-order chi connectivity index (χ1) is 13.6. The summed E-state index contributed by atoms with van der Waals surface area (Å²) in [5.74, 6) is 0.653. The Bertz CT molecular complexity index is 1120. The molecule has 0 fully saturated rings. The van der Waals surface area contributed by atoms with Crippen LogP contribution < -0.4 is 0 Å². The number of amides is 1. The van der Waals surface area contributed by atoms with E-state index in [-0.39, 0.29) is 5.91 Å². The van der Waals surface area contributed by atoms with E-state index in [4.69, 9.17) is 4.98 Å². The van der Waals surface area contributed by atoms with Crippen LogP contribution in [0.1, 0.15) is 21.7 Å². The average molecular weight is 368 g/mol. The number of fused-ring (bicyclic) bond motifs is 1. The Kier molecular flexibility index (Phi) is 4.81. The van der Waals surface area contributed by atoms with Crippen LogP contribution >= 0.6 is 0 Å². The fourth-order valence-corrected chi connectivity index (χ4v) is 3.16. The van der Waals surface area contributed by atoms with E-state index in [9.17, 15) is 4.79 Å². The molecule has 5 heteroatoms. The van der Waals surface area contributed by atoms with Crippen LogP contribution in [0.25, 0.3) is 22.2 Å². The fourth-order valence-electron chi connectivity index (χ4n) is 3.16. The van der Waals surface area contributed by atoms with Gasteiger partial charge in [-0.2, -0.15) is 0 Å². The average Bonchev–Trinajstić information content (AvgIpc) is 2.73. The Hall–Kier alpha value is -3.60. The van der Waals surface area contributed by atoms with Crippen molar-refractivity contribution in [3.8, 4) is 11.3 Å². The molecule has 138 valence electrons. The number of carbonyl (C=O) groups excluding carboxylic acids is 1. The van der Waals surface area contributed by atoms with E-state index >= 15 is 0 Å². The van der Waals surface area contributed by atoms with Crippen LogP contribution in [0.2, 0.25) is 0 Å². The van der Waals surface area contributed by atoms with E-state index in [1.165, 1.54) is 0 Å². The molecule has 0 N–H and O–H groups in total. The molecule has 1 amide bonds. The van der Waals surface area contributed by atoms with Gasteiger partial charge in [-0.05, 0) is 24.6 Å². The van der Waals surface area contributed by atoms with Gasteiger partial charge in [-0.15, -0.1) is 0 Å². The first kappa shape index (κ1) is 17.8. The van der Waals surface area contributed by atoms with Gasteiger partial charge in [-0.25, -0.2) is 15.0 Å². The van der Waals surface area contributed by atoms with Crippen molar-refractivity contribution >= 4 is 16.8 Å². The van der Waals surface area contributed by atoms with E-state index in [2.05, 4.69) is 9.97 Å². The van der Waals surface area contributed by atoms with Crippen LogP contribution in [-0.2, 0) is 6.54 Å². The normalized spacial score (nSPS) is 10.8. The number of nitrogens with zero attached hydrogens (tertiary/aromatic N) is 4.